The van der Waals surface area contributed by atoms with Gasteiger partial charge in [0.15, 0.2) is 0 Å². The van der Waals surface area contributed by atoms with Crippen LogP contribution < -0.4 is 0 Å². The highest BCUT2D eigenvalue weighted by Crippen LogP contribution is 2.30. The van der Waals surface area contributed by atoms with E-state index in [1.54, 1.807) is 0 Å². The van der Waals surface area contributed by atoms with Gasteiger partial charge in [0.25, 0.3) is 5.24 Å². The van der Waals surface area contributed by atoms with Crippen molar-refractivity contribution in [3.05, 3.63) is 35.1 Å². The van der Waals surface area contributed by atoms with Gasteiger partial charge in [-0.25, -0.2) is 4.39 Å². The van der Waals surface area contributed by atoms with Gasteiger partial charge in [-0.05, 0) is 29.8 Å². The highest BCUT2D eigenvalue weighted by atomic mass is 35.5. The summed E-state index contributed by atoms with van der Waals surface area (Å²) in [5.74, 6) is -1.15. The molecule has 0 bridgehead atoms. The fraction of sp³-hybridized carbons (Fsp3) is 0.125. The normalized spacial score (nSPS) is 11.5. The third kappa shape index (κ3) is 2.45. The zero-order valence-electron chi connectivity index (χ0n) is 6.53. The Morgan fingerprint density at radius 2 is 1.79 bits per heavy atom. The molecule has 0 aliphatic heterocycles. The molecule has 1 aromatic rings. The molecule has 0 saturated carbocycles. The van der Waals surface area contributed by atoms with Gasteiger partial charge in [0, 0.05) is 5.56 Å². The SMILES string of the molecule is O=C(Cl)c1cc(F)cc(C(F)(F)F)c1. The maximum absolute atomic E-state index is 12.6. The molecule has 0 aliphatic rings. The Labute approximate surface area is 81.3 Å². The lowest BCUT2D eigenvalue weighted by atomic mass is 10.1. The Balaban J connectivity index is 3.28. The van der Waals surface area contributed by atoms with E-state index in [9.17, 15) is 22.4 Å². The van der Waals surface area contributed by atoms with Crippen molar-refractivity contribution in [1.29, 1.82) is 0 Å². The minimum atomic E-state index is -4.69. The fourth-order valence-corrected chi connectivity index (χ4v) is 0.976. The van der Waals surface area contributed by atoms with Crippen LogP contribution in [0.25, 0.3) is 0 Å². The summed E-state index contributed by atoms with van der Waals surface area (Å²) in [5, 5.41) is -1.13. The first-order valence-corrected chi connectivity index (χ1v) is 3.76. The molecule has 76 valence electrons. The molecule has 1 aromatic carbocycles. The van der Waals surface area contributed by atoms with Gasteiger partial charge in [0.2, 0.25) is 0 Å². The lowest BCUT2D eigenvalue weighted by molar-refractivity contribution is -0.137. The van der Waals surface area contributed by atoms with E-state index >= 15 is 0 Å². The zero-order valence-corrected chi connectivity index (χ0v) is 7.29. The number of hydrogen-bond acceptors (Lipinski definition) is 1. The fourth-order valence-electron chi connectivity index (χ4n) is 0.867. The van der Waals surface area contributed by atoms with Gasteiger partial charge in [-0.15, -0.1) is 0 Å². The molecular weight excluding hydrogens is 224 g/mol. The molecule has 0 saturated heterocycles. The number of halogens is 5. The second kappa shape index (κ2) is 3.57. The molecule has 0 aliphatic carbocycles. The first-order valence-electron chi connectivity index (χ1n) is 3.38. The van der Waals surface area contributed by atoms with Crippen LogP contribution >= 0.6 is 11.6 Å². The number of benzene rings is 1. The van der Waals surface area contributed by atoms with E-state index in [-0.39, 0.29) is 0 Å². The van der Waals surface area contributed by atoms with Crippen LogP contribution in [0.15, 0.2) is 18.2 Å². The molecule has 1 nitrogen and oxygen atoms in total. The zero-order chi connectivity index (χ0) is 10.9. The van der Waals surface area contributed by atoms with Gasteiger partial charge < -0.3 is 0 Å². The molecule has 0 spiro atoms. The predicted molar refractivity (Wildman–Crippen MR) is 41.6 cm³/mol. The van der Waals surface area contributed by atoms with Gasteiger partial charge in [-0.3, -0.25) is 4.79 Å². The highest BCUT2D eigenvalue weighted by molar-refractivity contribution is 6.67. The molecule has 14 heavy (non-hydrogen) atoms. The summed E-state index contributed by atoms with van der Waals surface area (Å²) < 4.78 is 48.9. The predicted octanol–water partition coefficient (Wildman–Crippen LogP) is 3.22. The lowest BCUT2D eigenvalue weighted by Crippen LogP contribution is -2.07. The molecule has 0 aromatic heterocycles. The molecule has 6 heteroatoms. The van der Waals surface area contributed by atoms with Crippen LogP contribution in [0.1, 0.15) is 15.9 Å². The maximum Gasteiger partial charge on any atom is 0.416 e. The topological polar surface area (TPSA) is 17.1 Å². The summed E-state index contributed by atoms with van der Waals surface area (Å²) in [6.45, 7) is 0. The van der Waals surface area contributed by atoms with Gasteiger partial charge in [0.1, 0.15) is 5.82 Å². The van der Waals surface area contributed by atoms with E-state index in [4.69, 9.17) is 11.6 Å². The molecule has 0 radical (unpaired) electrons. The van der Waals surface area contributed by atoms with Crippen LogP contribution in [0.5, 0.6) is 0 Å². The summed E-state index contributed by atoms with van der Waals surface area (Å²) in [5.41, 5.74) is -1.75. The number of carbonyl (C=O) groups excluding carboxylic acids is 1. The lowest BCUT2D eigenvalue weighted by Gasteiger charge is -2.07. The molecule has 1 rings (SSSR count). The minimum Gasteiger partial charge on any atom is -0.276 e. The second-order valence-electron chi connectivity index (χ2n) is 2.50. The van der Waals surface area contributed by atoms with E-state index in [0.29, 0.717) is 18.2 Å². The third-order valence-corrected chi connectivity index (χ3v) is 1.67. The van der Waals surface area contributed by atoms with Crippen LogP contribution in [-0.2, 0) is 6.18 Å². The Hall–Kier alpha value is -1.10. The molecular formula is C8H3ClF4O. The number of rotatable bonds is 1. The van der Waals surface area contributed by atoms with Gasteiger partial charge in [0.05, 0.1) is 5.56 Å². The van der Waals surface area contributed by atoms with Crippen molar-refractivity contribution in [2.45, 2.75) is 6.18 Å². The van der Waals surface area contributed by atoms with E-state index in [1.807, 2.05) is 0 Å². The van der Waals surface area contributed by atoms with Crippen molar-refractivity contribution in [3.63, 3.8) is 0 Å². The largest absolute Gasteiger partial charge is 0.416 e. The average Bonchev–Trinajstić information content (AvgIpc) is 2.01. The number of alkyl halides is 3. The molecule has 0 unspecified atom stereocenters. The third-order valence-electron chi connectivity index (χ3n) is 1.45. The maximum atomic E-state index is 12.6. The van der Waals surface area contributed by atoms with Crippen molar-refractivity contribution >= 4 is 16.8 Å². The Bertz CT molecular complexity index is 372. The number of carbonyl (C=O) groups is 1. The molecule has 0 amide bonds. The molecule has 0 heterocycles. The quantitative estimate of drug-likeness (QED) is 0.531. The van der Waals surface area contributed by atoms with Gasteiger partial charge in [-0.2, -0.15) is 13.2 Å². The Morgan fingerprint density at radius 3 is 2.21 bits per heavy atom. The van der Waals surface area contributed by atoms with Crippen molar-refractivity contribution in [2.75, 3.05) is 0 Å². The van der Waals surface area contributed by atoms with Crippen molar-refractivity contribution in [2.24, 2.45) is 0 Å². The van der Waals surface area contributed by atoms with Gasteiger partial charge >= 0.3 is 6.18 Å². The summed E-state index contributed by atoms with van der Waals surface area (Å²) in [4.78, 5) is 10.5. The average molecular weight is 227 g/mol. The molecule has 0 fully saturated rings. The summed E-state index contributed by atoms with van der Waals surface area (Å²) in [6.07, 6.45) is -4.69. The van der Waals surface area contributed by atoms with Crippen LogP contribution in [0.2, 0.25) is 0 Å². The Morgan fingerprint density at radius 1 is 1.21 bits per heavy atom. The first-order chi connectivity index (χ1) is 6.30. The van der Waals surface area contributed by atoms with Crippen molar-refractivity contribution in [1.82, 2.24) is 0 Å². The Kier molecular flexibility index (Phi) is 2.80. The van der Waals surface area contributed by atoms with Gasteiger partial charge in [-0.1, -0.05) is 0 Å². The monoisotopic (exact) mass is 226 g/mol. The second-order valence-corrected chi connectivity index (χ2v) is 2.84. The first kappa shape index (κ1) is 11.0. The smallest absolute Gasteiger partial charge is 0.276 e. The summed E-state index contributed by atoms with van der Waals surface area (Å²) in [7, 11) is 0. The van der Waals surface area contributed by atoms with Crippen LogP contribution in [0.3, 0.4) is 0 Å². The van der Waals surface area contributed by atoms with Crippen LogP contribution in [0.4, 0.5) is 17.6 Å². The highest BCUT2D eigenvalue weighted by Gasteiger charge is 2.31. The van der Waals surface area contributed by atoms with Crippen LogP contribution in [-0.4, -0.2) is 5.24 Å². The standard InChI is InChI=1S/C8H3ClF4O/c9-7(14)4-1-5(8(11,12)13)3-6(10)2-4/h1-3H. The number of hydrogen-bond donors (Lipinski definition) is 0. The van der Waals surface area contributed by atoms with Crippen molar-refractivity contribution in [3.8, 4) is 0 Å². The minimum absolute atomic E-state index is 0.295. The van der Waals surface area contributed by atoms with E-state index < -0.39 is 28.4 Å². The van der Waals surface area contributed by atoms with E-state index in [2.05, 4.69) is 0 Å². The summed E-state index contributed by atoms with van der Waals surface area (Å²) in [6, 6.07) is 1.44. The molecule has 0 N–H and O–H groups in total. The van der Waals surface area contributed by atoms with E-state index in [0.717, 1.165) is 0 Å². The van der Waals surface area contributed by atoms with E-state index in [1.165, 1.54) is 0 Å². The van der Waals surface area contributed by atoms with Crippen LogP contribution in [0, 0.1) is 5.82 Å². The van der Waals surface area contributed by atoms with Crippen molar-refractivity contribution < 1.29 is 22.4 Å². The summed E-state index contributed by atoms with van der Waals surface area (Å²) >= 11 is 4.92. The molecule has 0 atom stereocenters.